The lowest BCUT2D eigenvalue weighted by molar-refractivity contribution is 0.0366. The molecule has 136 valence electrons. The van der Waals surface area contributed by atoms with Crippen LogP contribution in [-0.2, 0) is 4.74 Å². The first kappa shape index (κ1) is 19.4. The average molecular weight is 368 g/mol. The molecule has 0 aromatic carbocycles. The molecular formula is C17H23ClFN5O. The predicted molar refractivity (Wildman–Crippen MR) is 95.3 cm³/mol. The normalized spacial score (nSPS) is 18.5. The molecule has 1 fully saturated rings. The second-order valence-corrected chi connectivity index (χ2v) is 6.82. The molecule has 2 unspecified atom stereocenters. The number of fused-ring (bicyclic) bond motifs is 1. The van der Waals surface area contributed by atoms with Crippen LogP contribution in [0.15, 0.2) is 6.20 Å². The third-order valence-electron chi connectivity index (χ3n) is 4.33. The van der Waals surface area contributed by atoms with Crippen LogP contribution in [0.1, 0.15) is 50.8 Å². The van der Waals surface area contributed by atoms with E-state index in [4.69, 9.17) is 22.1 Å². The molecule has 3 heterocycles. The molecule has 2 aromatic heterocycles. The number of halogens is 2. The zero-order valence-corrected chi connectivity index (χ0v) is 15.4. The van der Waals surface area contributed by atoms with Crippen LogP contribution in [0.25, 0.3) is 5.52 Å². The summed E-state index contributed by atoms with van der Waals surface area (Å²) in [7, 11) is 0. The van der Waals surface area contributed by atoms with Crippen molar-refractivity contribution in [1.29, 1.82) is 5.26 Å². The Balaban J connectivity index is 0.000000269. The van der Waals surface area contributed by atoms with Crippen molar-refractivity contribution in [2.75, 3.05) is 18.9 Å². The molecule has 0 bridgehead atoms. The van der Waals surface area contributed by atoms with Crippen LogP contribution in [0, 0.1) is 17.2 Å². The van der Waals surface area contributed by atoms with Crippen molar-refractivity contribution >= 4 is 23.1 Å². The Hall–Kier alpha value is -1.91. The second kappa shape index (κ2) is 8.45. The highest BCUT2D eigenvalue weighted by molar-refractivity contribution is 6.35. The Bertz CT molecular complexity index is 764. The van der Waals surface area contributed by atoms with E-state index in [9.17, 15) is 9.65 Å². The first-order chi connectivity index (χ1) is 11.9. The van der Waals surface area contributed by atoms with Crippen molar-refractivity contribution in [3.63, 3.8) is 0 Å². The minimum Gasteiger partial charge on any atom is -0.378 e. The first-order valence-corrected chi connectivity index (χ1v) is 8.69. The van der Waals surface area contributed by atoms with Crippen LogP contribution in [0.3, 0.4) is 0 Å². The van der Waals surface area contributed by atoms with Gasteiger partial charge in [-0.05, 0) is 18.8 Å². The molecule has 0 amide bonds. The Morgan fingerprint density at radius 3 is 2.68 bits per heavy atom. The summed E-state index contributed by atoms with van der Waals surface area (Å²) in [6.07, 6.45) is 2.44. The van der Waals surface area contributed by atoms with Crippen molar-refractivity contribution in [3.05, 3.63) is 22.5 Å². The summed E-state index contributed by atoms with van der Waals surface area (Å²) in [6.45, 7) is 7.29. The molecule has 8 heteroatoms. The van der Waals surface area contributed by atoms with Crippen molar-refractivity contribution < 1.29 is 9.13 Å². The summed E-state index contributed by atoms with van der Waals surface area (Å²) >= 11 is 6.20. The monoisotopic (exact) mass is 367 g/mol. The number of nitrogens with zero attached hydrogens (tertiary/aromatic N) is 4. The van der Waals surface area contributed by atoms with Gasteiger partial charge in [0.15, 0.2) is 0 Å². The molecular weight excluding hydrogens is 345 g/mol. The summed E-state index contributed by atoms with van der Waals surface area (Å²) in [4.78, 5) is 3.91. The van der Waals surface area contributed by atoms with Crippen LogP contribution >= 0.6 is 11.6 Å². The highest BCUT2D eigenvalue weighted by Crippen LogP contribution is 2.34. The maximum absolute atomic E-state index is 12.1. The molecule has 2 aromatic rings. The predicted octanol–water partition coefficient (Wildman–Crippen LogP) is 3.73. The standard InChI is InChI=1S/C12H14ClN5.C5H9FO/c1-6(2)7(3)11-8(4-14)10(13)9-5-16-12(15)17-18(9)11;6-5-2-1-3-7-4-5/h5-7H,1-3H3,(H2,15,17);5H,1-4H2. The third kappa shape index (κ3) is 4.39. The summed E-state index contributed by atoms with van der Waals surface area (Å²) in [5, 5.41) is 13.8. The van der Waals surface area contributed by atoms with E-state index < -0.39 is 6.17 Å². The lowest BCUT2D eigenvalue weighted by atomic mass is 9.93. The van der Waals surface area contributed by atoms with Crippen LogP contribution in [0.5, 0.6) is 0 Å². The molecule has 6 nitrogen and oxygen atoms in total. The van der Waals surface area contributed by atoms with Gasteiger partial charge in [0.2, 0.25) is 5.95 Å². The molecule has 0 radical (unpaired) electrons. The van der Waals surface area contributed by atoms with Gasteiger partial charge in [-0.25, -0.2) is 13.9 Å². The molecule has 2 atom stereocenters. The van der Waals surface area contributed by atoms with Gasteiger partial charge >= 0.3 is 0 Å². The largest absolute Gasteiger partial charge is 0.378 e. The third-order valence-corrected chi connectivity index (χ3v) is 4.71. The Morgan fingerprint density at radius 1 is 1.48 bits per heavy atom. The number of rotatable bonds is 2. The van der Waals surface area contributed by atoms with Gasteiger partial charge in [0, 0.05) is 12.5 Å². The molecule has 1 aliphatic rings. The Labute approximate surface area is 151 Å². The van der Waals surface area contributed by atoms with Gasteiger partial charge in [0.05, 0.1) is 29.1 Å². The van der Waals surface area contributed by atoms with E-state index in [0.717, 1.165) is 18.7 Å². The molecule has 0 aliphatic carbocycles. The number of nitriles is 1. The molecule has 25 heavy (non-hydrogen) atoms. The van der Waals surface area contributed by atoms with Crippen molar-refractivity contribution in [2.45, 2.75) is 45.7 Å². The zero-order valence-electron chi connectivity index (χ0n) is 14.7. The fourth-order valence-corrected chi connectivity index (χ4v) is 2.86. The first-order valence-electron chi connectivity index (χ1n) is 8.31. The van der Waals surface area contributed by atoms with E-state index in [-0.39, 0.29) is 11.9 Å². The van der Waals surface area contributed by atoms with Gasteiger partial charge in [-0.3, -0.25) is 0 Å². The maximum Gasteiger partial charge on any atom is 0.238 e. The topological polar surface area (TPSA) is 89.2 Å². The average Bonchev–Trinajstić information content (AvgIpc) is 2.86. The molecule has 1 saturated heterocycles. The lowest BCUT2D eigenvalue weighted by Gasteiger charge is -2.15. The Kier molecular flexibility index (Phi) is 6.57. The van der Waals surface area contributed by atoms with E-state index >= 15 is 0 Å². The highest BCUT2D eigenvalue weighted by atomic mass is 35.5. The van der Waals surface area contributed by atoms with Gasteiger partial charge in [-0.2, -0.15) is 5.26 Å². The van der Waals surface area contributed by atoms with Crippen LogP contribution in [0.2, 0.25) is 5.02 Å². The minimum absolute atomic E-state index is 0.147. The minimum atomic E-state index is -0.686. The Morgan fingerprint density at radius 2 is 2.20 bits per heavy atom. The number of ether oxygens (including phenoxy) is 1. The fourth-order valence-electron chi connectivity index (χ4n) is 2.59. The van der Waals surface area contributed by atoms with Crippen molar-refractivity contribution in [1.82, 2.24) is 14.6 Å². The van der Waals surface area contributed by atoms with E-state index in [1.165, 1.54) is 0 Å². The van der Waals surface area contributed by atoms with Gasteiger partial charge in [-0.1, -0.05) is 32.4 Å². The molecule has 3 rings (SSSR count). The van der Waals surface area contributed by atoms with E-state index in [0.29, 0.717) is 35.0 Å². The van der Waals surface area contributed by atoms with Crippen molar-refractivity contribution in [3.8, 4) is 6.07 Å². The number of hydrogen-bond acceptors (Lipinski definition) is 5. The van der Waals surface area contributed by atoms with Crippen LogP contribution in [-0.4, -0.2) is 34.0 Å². The molecule has 0 saturated carbocycles. The molecule has 0 spiro atoms. The quantitative estimate of drug-likeness (QED) is 0.873. The van der Waals surface area contributed by atoms with Gasteiger partial charge in [0.25, 0.3) is 0 Å². The van der Waals surface area contributed by atoms with Gasteiger partial charge < -0.3 is 10.5 Å². The summed E-state index contributed by atoms with van der Waals surface area (Å²) in [6, 6.07) is 2.15. The smallest absolute Gasteiger partial charge is 0.238 e. The van der Waals surface area contributed by atoms with Crippen molar-refractivity contribution in [2.24, 2.45) is 5.92 Å². The number of alkyl halides is 1. The van der Waals surface area contributed by atoms with E-state index in [1.807, 2.05) is 6.92 Å². The maximum atomic E-state index is 12.1. The zero-order chi connectivity index (χ0) is 18.6. The van der Waals surface area contributed by atoms with Gasteiger partial charge in [-0.15, -0.1) is 5.10 Å². The number of aromatic nitrogens is 3. The highest BCUT2D eigenvalue weighted by Gasteiger charge is 2.24. The summed E-state index contributed by atoms with van der Waals surface area (Å²) in [5.41, 5.74) is 7.47. The number of anilines is 1. The van der Waals surface area contributed by atoms with Gasteiger partial charge in [0.1, 0.15) is 17.8 Å². The van der Waals surface area contributed by atoms with Crippen LogP contribution in [0.4, 0.5) is 10.3 Å². The SMILES string of the molecule is CC(C)C(C)c1c(C#N)c(Cl)c2cnc(N)nn12.FC1CCCOC1. The lowest BCUT2D eigenvalue weighted by Crippen LogP contribution is -2.17. The van der Waals surface area contributed by atoms with E-state index in [2.05, 4.69) is 30.0 Å². The number of hydrogen-bond donors (Lipinski definition) is 1. The summed E-state index contributed by atoms with van der Waals surface area (Å²) in [5.74, 6) is 0.673. The number of nitrogens with two attached hydrogens (primary N) is 1. The van der Waals surface area contributed by atoms with E-state index in [1.54, 1.807) is 10.7 Å². The second-order valence-electron chi connectivity index (χ2n) is 6.45. The van der Waals surface area contributed by atoms with Crippen LogP contribution < -0.4 is 5.73 Å². The summed E-state index contributed by atoms with van der Waals surface area (Å²) < 4.78 is 18.5. The fraction of sp³-hybridized carbons (Fsp3) is 0.588. The molecule has 1 aliphatic heterocycles. The molecule has 2 N–H and O–H groups in total. The number of nitrogen functional groups attached to an aromatic ring is 1.